The number of hydrogen-bond acceptors (Lipinski definition) is 6. The lowest BCUT2D eigenvalue weighted by Crippen LogP contribution is -2.37. The molecule has 166 valence electrons. The Morgan fingerprint density at radius 1 is 1.10 bits per heavy atom. The van der Waals surface area contributed by atoms with Crippen LogP contribution < -0.4 is 10.1 Å². The van der Waals surface area contributed by atoms with Gasteiger partial charge in [-0.1, -0.05) is 27.2 Å². The molecule has 1 aliphatic carbocycles. The molecule has 0 spiro atoms. The van der Waals surface area contributed by atoms with E-state index < -0.39 is 24.5 Å². The van der Waals surface area contributed by atoms with E-state index >= 15 is 0 Å². The fourth-order valence-corrected chi connectivity index (χ4v) is 3.77. The summed E-state index contributed by atoms with van der Waals surface area (Å²) in [6.07, 6.45) is 2.87. The van der Waals surface area contributed by atoms with Crippen LogP contribution in [0.15, 0.2) is 24.3 Å². The van der Waals surface area contributed by atoms with E-state index in [0.29, 0.717) is 35.7 Å². The normalized spacial score (nSPS) is 21.0. The summed E-state index contributed by atoms with van der Waals surface area (Å²) in [4.78, 5) is 36.1. The van der Waals surface area contributed by atoms with Gasteiger partial charge in [0.1, 0.15) is 18.4 Å². The minimum Gasteiger partial charge on any atom is -0.494 e. The fraction of sp³-hybridized carbons (Fsp3) is 0.609. The molecule has 0 bridgehead atoms. The van der Waals surface area contributed by atoms with E-state index in [2.05, 4.69) is 26.1 Å². The van der Waals surface area contributed by atoms with Gasteiger partial charge < -0.3 is 19.5 Å². The molecule has 0 radical (unpaired) electrons. The topological polar surface area (TPSA) is 90.9 Å². The van der Waals surface area contributed by atoms with Gasteiger partial charge >= 0.3 is 11.9 Å². The zero-order valence-corrected chi connectivity index (χ0v) is 18.3. The monoisotopic (exact) mass is 419 g/mol. The predicted molar refractivity (Wildman–Crippen MR) is 112 cm³/mol. The Morgan fingerprint density at radius 2 is 1.80 bits per heavy atom. The number of hydrogen-bond donors (Lipinski definition) is 1. The smallest absolute Gasteiger partial charge is 0.344 e. The molecule has 1 fully saturated rings. The number of benzene rings is 1. The molecule has 1 amide bonds. The van der Waals surface area contributed by atoms with Crippen LogP contribution in [0.4, 0.5) is 0 Å². The molecule has 1 saturated carbocycles. The Bertz CT molecular complexity index is 715. The second-order valence-electron chi connectivity index (χ2n) is 8.16. The highest BCUT2D eigenvalue weighted by Crippen LogP contribution is 2.35. The molecule has 2 rings (SSSR count). The van der Waals surface area contributed by atoms with Gasteiger partial charge in [0.15, 0.2) is 6.61 Å². The van der Waals surface area contributed by atoms with Gasteiger partial charge in [-0.25, -0.2) is 4.79 Å². The van der Waals surface area contributed by atoms with Gasteiger partial charge in [0, 0.05) is 5.56 Å². The van der Waals surface area contributed by atoms with Gasteiger partial charge in [-0.2, -0.15) is 0 Å². The largest absolute Gasteiger partial charge is 0.494 e. The van der Waals surface area contributed by atoms with Gasteiger partial charge in [0.05, 0.1) is 6.61 Å². The second kappa shape index (κ2) is 11.6. The molecule has 1 N–H and O–H groups in total. The van der Waals surface area contributed by atoms with Crippen molar-refractivity contribution < 1.29 is 28.6 Å². The lowest BCUT2D eigenvalue weighted by atomic mass is 9.75. The van der Waals surface area contributed by atoms with Gasteiger partial charge in [-0.3, -0.25) is 9.59 Å². The molecule has 30 heavy (non-hydrogen) atoms. The van der Waals surface area contributed by atoms with E-state index in [1.807, 2.05) is 6.92 Å². The Kier molecular flexibility index (Phi) is 9.15. The van der Waals surface area contributed by atoms with E-state index in [0.717, 1.165) is 19.3 Å². The van der Waals surface area contributed by atoms with E-state index in [1.54, 1.807) is 24.3 Å². The van der Waals surface area contributed by atoms with Gasteiger partial charge in [0.2, 0.25) is 0 Å². The van der Waals surface area contributed by atoms with Crippen LogP contribution in [0, 0.1) is 17.8 Å². The molecule has 7 heteroatoms. The first-order chi connectivity index (χ1) is 14.3. The van der Waals surface area contributed by atoms with Crippen molar-refractivity contribution in [3.8, 4) is 5.75 Å². The molecule has 0 heterocycles. The lowest BCUT2D eigenvalue weighted by molar-refractivity contribution is -0.166. The maximum absolute atomic E-state index is 12.1. The first-order valence-electron chi connectivity index (χ1n) is 10.7. The SMILES string of the molecule is CCOc1ccc(C(=O)NCC(=O)OCC(=O)O[C@@H]2C[C@H](C)CC[C@@H]2C(C)C)cc1. The summed E-state index contributed by atoms with van der Waals surface area (Å²) in [5.74, 6) is 0.283. The van der Waals surface area contributed by atoms with Crippen molar-refractivity contribution in [3.63, 3.8) is 0 Å². The minimum atomic E-state index is -0.691. The molecule has 3 atom stereocenters. The predicted octanol–water partition coefficient (Wildman–Crippen LogP) is 3.36. The third kappa shape index (κ3) is 7.35. The highest BCUT2D eigenvalue weighted by atomic mass is 16.6. The minimum absolute atomic E-state index is 0.140. The van der Waals surface area contributed by atoms with Crippen molar-refractivity contribution in [1.82, 2.24) is 5.32 Å². The fourth-order valence-electron chi connectivity index (χ4n) is 3.77. The van der Waals surface area contributed by atoms with E-state index in [-0.39, 0.29) is 12.6 Å². The van der Waals surface area contributed by atoms with E-state index in [1.165, 1.54) is 0 Å². The van der Waals surface area contributed by atoms with Crippen LogP contribution in [0.3, 0.4) is 0 Å². The summed E-state index contributed by atoms with van der Waals surface area (Å²) in [6, 6.07) is 6.59. The number of ether oxygens (including phenoxy) is 3. The van der Waals surface area contributed by atoms with E-state index in [4.69, 9.17) is 14.2 Å². The summed E-state index contributed by atoms with van der Waals surface area (Å²) >= 11 is 0. The molecule has 0 unspecified atom stereocenters. The van der Waals surface area contributed by atoms with Crippen LogP contribution in [-0.2, 0) is 19.1 Å². The van der Waals surface area contributed by atoms with Crippen molar-refractivity contribution in [2.75, 3.05) is 19.8 Å². The highest BCUT2D eigenvalue weighted by Gasteiger charge is 2.33. The summed E-state index contributed by atoms with van der Waals surface area (Å²) in [5, 5.41) is 2.48. The Balaban J connectivity index is 1.73. The zero-order valence-electron chi connectivity index (χ0n) is 18.3. The second-order valence-corrected chi connectivity index (χ2v) is 8.16. The number of nitrogens with one attached hydrogen (secondary N) is 1. The molecule has 0 saturated heterocycles. The lowest BCUT2D eigenvalue weighted by Gasteiger charge is -2.36. The van der Waals surface area contributed by atoms with Crippen molar-refractivity contribution in [2.24, 2.45) is 17.8 Å². The molecular formula is C23H33NO6. The van der Waals surface area contributed by atoms with Crippen molar-refractivity contribution in [1.29, 1.82) is 0 Å². The number of carbonyl (C=O) groups excluding carboxylic acids is 3. The van der Waals surface area contributed by atoms with E-state index in [9.17, 15) is 14.4 Å². The van der Waals surface area contributed by atoms with Crippen LogP contribution >= 0.6 is 0 Å². The Hall–Kier alpha value is -2.57. The Labute approximate surface area is 178 Å². The van der Waals surface area contributed by atoms with Crippen LogP contribution in [0.1, 0.15) is 57.3 Å². The van der Waals surface area contributed by atoms with Crippen LogP contribution in [0.25, 0.3) is 0 Å². The molecule has 0 aromatic heterocycles. The van der Waals surface area contributed by atoms with Gasteiger partial charge in [-0.15, -0.1) is 0 Å². The molecule has 1 aromatic carbocycles. The summed E-state index contributed by atoms with van der Waals surface area (Å²) in [7, 11) is 0. The van der Waals surface area contributed by atoms with Crippen LogP contribution in [0.5, 0.6) is 5.75 Å². The van der Waals surface area contributed by atoms with Gasteiger partial charge in [-0.05, 0) is 61.8 Å². The third-order valence-electron chi connectivity index (χ3n) is 5.42. The van der Waals surface area contributed by atoms with Crippen LogP contribution in [0.2, 0.25) is 0 Å². The molecule has 0 aliphatic heterocycles. The molecule has 7 nitrogen and oxygen atoms in total. The number of esters is 2. The van der Waals surface area contributed by atoms with Crippen LogP contribution in [-0.4, -0.2) is 43.7 Å². The average Bonchev–Trinajstić information content (AvgIpc) is 2.71. The molecular weight excluding hydrogens is 386 g/mol. The summed E-state index contributed by atoms with van der Waals surface area (Å²) in [6.45, 7) is 8.06. The zero-order chi connectivity index (χ0) is 22.1. The quantitative estimate of drug-likeness (QED) is 0.617. The molecule has 1 aromatic rings. The average molecular weight is 420 g/mol. The summed E-state index contributed by atoms with van der Waals surface area (Å²) < 4.78 is 15.9. The highest BCUT2D eigenvalue weighted by molar-refractivity contribution is 5.96. The standard InChI is InChI=1S/C23H33NO6/c1-5-28-18-9-7-17(8-10-18)23(27)24-13-21(25)29-14-22(26)30-20-12-16(4)6-11-19(20)15(2)3/h7-10,15-16,19-20H,5-6,11-14H2,1-4H3,(H,24,27)/t16-,19-,20-/m1/s1. The molecule has 1 aliphatic rings. The number of amides is 1. The van der Waals surface area contributed by atoms with Gasteiger partial charge in [0.25, 0.3) is 5.91 Å². The maximum Gasteiger partial charge on any atom is 0.344 e. The third-order valence-corrected chi connectivity index (χ3v) is 5.42. The Morgan fingerprint density at radius 3 is 2.43 bits per heavy atom. The number of carbonyl (C=O) groups is 3. The maximum atomic E-state index is 12.1. The summed E-state index contributed by atoms with van der Waals surface area (Å²) in [5.41, 5.74) is 0.400. The van der Waals surface area contributed by atoms with Crippen molar-refractivity contribution in [2.45, 2.75) is 53.1 Å². The first-order valence-corrected chi connectivity index (χ1v) is 10.7. The number of rotatable bonds is 9. The first kappa shape index (κ1) is 23.7. The van der Waals surface area contributed by atoms with Crippen molar-refractivity contribution in [3.05, 3.63) is 29.8 Å². The van der Waals surface area contributed by atoms with Crippen molar-refractivity contribution >= 4 is 17.8 Å².